The Kier molecular flexibility index (Phi) is 1.11. The van der Waals surface area contributed by atoms with E-state index in [4.69, 9.17) is 5.73 Å². The van der Waals surface area contributed by atoms with E-state index >= 15 is 0 Å². The number of hydrogen-bond donors (Lipinski definition) is 1. The van der Waals surface area contributed by atoms with Crippen molar-refractivity contribution in [3.05, 3.63) is 11.9 Å². The zero-order chi connectivity index (χ0) is 5.28. The summed E-state index contributed by atoms with van der Waals surface area (Å²) >= 11 is 0. The molecule has 1 aliphatic rings. The summed E-state index contributed by atoms with van der Waals surface area (Å²) in [6.45, 7) is 0. The monoisotopic (exact) mass is 101 g/mol. The SMILES string of the molecule is NC1CCC=C1F. The minimum atomic E-state index is -0.292. The van der Waals surface area contributed by atoms with Gasteiger partial charge in [0.15, 0.2) is 0 Å². The third kappa shape index (κ3) is 0.800. The van der Waals surface area contributed by atoms with E-state index in [2.05, 4.69) is 0 Å². The van der Waals surface area contributed by atoms with E-state index in [0.29, 0.717) is 0 Å². The van der Waals surface area contributed by atoms with Crippen LogP contribution in [0.5, 0.6) is 0 Å². The highest BCUT2D eigenvalue weighted by Crippen LogP contribution is 2.16. The van der Waals surface area contributed by atoms with Gasteiger partial charge in [-0.25, -0.2) is 4.39 Å². The Hall–Kier alpha value is -0.370. The van der Waals surface area contributed by atoms with Gasteiger partial charge >= 0.3 is 0 Å². The predicted molar refractivity (Wildman–Crippen MR) is 26.4 cm³/mol. The smallest absolute Gasteiger partial charge is 0.113 e. The second kappa shape index (κ2) is 1.62. The van der Waals surface area contributed by atoms with Crippen molar-refractivity contribution < 1.29 is 4.39 Å². The molecule has 2 heteroatoms. The van der Waals surface area contributed by atoms with Crippen LogP contribution in [-0.4, -0.2) is 6.04 Å². The van der Waals surface area contributed by atoms with E-state index in [1.165, 1.54) is 0 Å². The molecule has 1 unspecified atom stereocenters. The molecule has 0 aromatic carbocycles. The number of hydrogen-bond acceptors (Lipinski definition) is 1. The topological polar surface area (TPSA) is 26.0 Å². The molecule has 0 aliphatic heterocycles. The normalized spacial score (nSPS) is 30.6. The number of nitrogens with two attached hydrogens (primary N) is 1. The summed E-state index contributed by atoms with van der Waals surface area (Å²) in [4.78, 5) is 0. The van der Waals surface area contributed by atoms with Gasteiger partial charge in [-0.15, -0.1) is 0 Å². The average Bonchev–Trinajstić information content (AvgIpc) is 1.91. The van der Waals surface area contributed by atoms with Gasteiger partial charge in [0, 0.05) is 0 Å². The number of rotatable bonds is 0. The largest absolute Gasteiger partial charge is 0.322 e. The zero-order valence-corrected chi connectivity index (χ0v) is 4.02. The molecular formula is C5H8FN. The van der Waals surface area contributed by atoms with E-state index in [1.54, 1.807) is 6.08 Å². The first-order valence-electron chi connectivity index (χ1n) is 2.42. The van der Waals surface area contributed by atoms with Gasteiger partial charge in [0.05, 0.1) is 6.04 Å². The van der Waals surface area contributed by atoms with Crippen molar-refractivity contribution in [2.75, 3.05) is 0 Å². The van der Waals surface area contributed by atoms with Crippen LogP contribution in [0.3, 0.4) is 0 Å². The van der Waals surface area contributed by atoms with Crippen LogP contribution >= 0.6 is 0 Å². The van der Waals surface area contributed by atoms with Crippen molar-refractivity contribution in [1.29, 1.82) is 0 Å². The lowest BCUT2D eigenvalue weighted by molar-refractivity contribution is 0.553. The molecule has 0 aromatic heterocycles. The van der Waals surface area contributed by atoms with Gasteiger partial charge in [-0.1, -0.05) is 6.08 Å². The maximum atomic E-state index is 12.1. The molecule has 0 saturated heterocycles. The van der Waals surface area contributed by atoms with Gasteiger partial charge in [-0.05, 0) is 12.8 Å². The van der Waals surface area contributed by atoms with Crippen LogP contribution in [0.1, 0.15) is 12.8 Å². The van der Waals surface area contributed by atoms with Crippen LogP contribution in [-0.2, 0) is 0 Å². The highest BCUT2D eigenvalue weighted by Gasteiger charge is 2.12. The van der Waals surface area contributed by atoms with Gasteiger partial charge in [-0.3, -0.25) is 0 Å². The number of allylic oxidation sites excluding steroid dienone is 1. The van der Waals surface area contributed by atoms with Gasteiger partial charge in [0.2, 0.25) is 0 Å². The first-order valence-corrected chi connectivity index (χ1v) is 2.42. The summed E-state index contributed by atoms with van der Waals surface area (Å²) in [7, 11) is 0. The lowest BCUT2D eigenvalue weighted by atomic mass is 10.3. The fraction of sp³-hybridized carbons (Fsp3) is 0.600. The summed E-state index contributed by atoms with van der Waals surface area (Å²) in [6, 6.07) is -0.292. The van der Waals surface area contributed by atoms with Crippen LogP contribution in [0.25, 0.3) is 0 Å². The molecule has 0 radical (unpaired) electrons. The van der Waals surface area contributed by atoms with Gasteiger partial charge in [-0.2, -0.15) is 0 Å². The van der Waals surface area contributed by atoms with E-state index in [1.807, 2.05) is 0 Å². The first-order chi connectivity index (χ1) is 3.30. The minimum absolute atomic E-state index is 0.139. The second-order valence-electron chi connectivity index (χ2n) is 1.77. The van der Waals surface area contributed by atoms with Crippen molar-refractivity contribution in [2.45, 2.75) is 18.9 Å². The zero-order valence-electron chi connectivity index (χ0n) is 4.02. The summed E-state index contributed by atoms with van der Waals surface area (Å²) in [5.41, 5.74) is 5.23. The second-order valence-corrected chi connectivity index (χ2v) is 1.77. The summed E-state index contributed by atoms with van der Waals surface area (Å²) < 4.78 is 12.1. The highest BCUT2D eigenvalue weighted by atomic mass is 19.1. The maximum absolute atomic E-state index is 12.1. The van der Waals surface area contributed by atoms with Crippen LogP contribution < -0.4 is 5.73 Å². The van der Waals surface area contributed by atoms with Crippen LogP contribution in [0, 0.1) is 0 Å². The lowest BCUT2D eigenvalue weighted by Crippen LogP contribution is -2.15. The summed E-state index contributed by atoms with van der Waals surface area (Å²) in [5, 5.41) is 0. The molecule has 7 heavy (non-hydrogen) atoms. The molecule has 1 rings (SSSR count). The van der Waals surface area contributed by atoms with E-state index < -0.39 is 0 Å². The maximum Gasteiger partial charge on any atom is 0.113 e. The minimum Gasteiger partial charge on any atom is -0.322 e. The van der Waals surface area contributed by atoms with Crippen molar-refractivity contribution in [3.8, 4) is 0 Å². The predicted octanol–water partition coefficient (Wildman–Crippen LogP) is 0.961. The lowest BCUT2D eigenvalue weighted by Gasteiger charge is -1.95. The molecule has 0 amide bonds. The Morgan fingerprint density at radius 1 is 1.86 bits per heavy atom. The summed E-state index contributed by atoms with van der Waals surface area (Å²) in [5.74, 6) is -0.139. The molecule has 0 saturated carbocycles. The molecule has 1 aliphatic carbocycles. The van der Waals surface area contributed by atoms with Crippen molar-refractivity contribution in [1.82, 2.24) is 0 Å². The third-order valence-electron chi connectivity index (χ3n) is 1.17. The molecule has 0 fully saturated rings. The molecule has 2 N–H and O–H groups in total. The van der Waals surface area contributed by atoms with Crippen LogP contribution in [0.4, 0.5) is 4.39 Å². The average molecular weight is 101 g/mol. The molecule has 0 heterocycles. The molecule has 1 atom stereocenters. The Balaban J connectivity index is 2.54. The molecular weight excluding hydrogens is 93.1 g/mol. The molecule has 0 aromatic rings. The van der Waals surface area contributed by atoms with Crippen molar-refractivity contribution >= 4 is 0 Å². The standard InChI is InChI=1S/C5H8FN/c6-4-2-1-3-5(4)7/h2,5H,1,3,7H2. The third-order valence-corrected chi connectivity index (χ3v) is 1.17. The molecule has 0 spiro atoms. The Morgan fingerprint density at radius 3 is 2.71 bits per heavy atom. The quantitative estimate of drug-likeness (QED) is 0.483. The highest BCUT2D eigenvalue weighted by molar-refractivity contribution is 5.07. The van der Waals surface area contributed by atoms with E-state index in [9.17, 15) is 4.39 Å². The number of halogens is 1. The van der Waals surface area contributed by atoms with Crippen LogP contribution in [0.2, 0.25) is 0 Å². The van der Waals surface area contributed by atoms with Crippen molar-refractivity contribution in [2.24, 2.45) is 5.73 Å². The molecule has 0 bridgehead atoms. The van der Waals surface area contributed by atoms with E-state index in [-0.39, 0.29) is 11.9 Å². The Bertz CT molecular complexity index is 98.3. The van der Waals surface area contributed by atoms with Gasteiger partial charge in [0.1, 0.15) is 5.83 Å². The fourth-order valence-electron chi connectivity index (χ4n) is 0.690. The van der Waals surface area contributed by atoms with Gasteiger partial charge < -0.3 is 5.73 Å². The van der Waals surface area contributed by atoms with Crippen LogP contribution in [0.15, 0.2) is 11.9 Å². The summed E-state index contributed by atoms with van der Waals surface area (Å²) in [6.07, 6.45) is 3.14. The fourth-order valence-corrected chi connectivity index (χ4v) is 0.690. The van der Waals surface area contributed by atoms with Crippen molar-refractivity contribution in [3.63, 3.8) is 0 Å². The molecule has 40 valence electrons. The Morgan fingerprint density at radius 2 is 2.57 bits per heavy atom. The Labute approximate surface area is 42.0 Å². The van der Waals surface area contributed by atoms with Gasteiger partial charge in [0.25, 0.3) is 0 Å². The first kappa shape index (κ1) is 4.78. The van der Waals surface area contributed by atoms with E-state index in [0.717, 1.165) is 12.8 Å². The molecule has 1 nitrogen and oxygen atoms in total.